The summed E-state index contributed by atoms with van der Waals surface area (Å²) in [5.41, 5.74) is 0. The Morgan fingerprint density at radius 2 is 1.86 bits per heavy atom. The summed E-state index contributed by atoms with van der Waals surface area (Å²) in [6.45, 7) is 13.3. The molecule has 3 unspecified atom stereocenters. The SMILES string of the molecule is CCOC(C)CN1CC(C2CCCCC2)NCC1C(C)C. The van der Waals surface area contributed by atoms with Gasteiger partial charge in [-0.25, -0.2) is 0 Å². The molecule has 0 bridgehead atoms. The molecule has 0 spiro atoms. The lowest BCUT2D eigenvalue weighted by Gasteiger charge is -2.46. The first-order valence-corrected chi connectivity index (χ1v) is 9.20. The van der Waals surface area contributed by atoms with E-state index in [9.17, 15) is 0 Å². The zero-order chi connectivity index (χ0) is 15.2. The number of nitrogens with zero attached hydrogens (tertiary/aromatic N) is 1. The molecular weight excluding hydrogens is 260 g/mol. The van der Waals surface area contributed by atoms with Gasteiger partial charge in [0, 0.05) is 38.3 Å². The summed E-state index contributed by atoms with van der Waals surface area (Å²) in [6, 6.07) is 1.36. The highest BCUT2D eigenvalue weighted by Crippen LogP contribution is 2.29. The zero-order valence-electron chi connectivity index (χ0n) is 14.6. The van der Waals surface area contributed by atoms with Crippen molar-refractivity contribution in [1.29, 1.82) is 0 Å². The van der Waals surface area contributed by atoms with Crippen LogP contribution in [0.1, 0.15) is 59.8 Å². The average Bonchev–Trinajstić information content (AvgIpc) is 2.48. The Hall–Kier alpha value is -0.120. The highest BCUT2D eigenvalue weighted by molar-refractivity contribution is 4.92. The van der Waals surface area contributed by atoms with E-state index in [2.05, 4.69) is 37.9 Å². The summed E-state index contributed by atoms with van der Waals surface area (Å²) in [5, 5.41) is 3.87. The molecule has 1 aliphatic carbocycles. The van der Waals surface area contributed by atoms with Crippen LogP contribution in [0, 0.1) is 11.8 Å². The summed E-state index contributed by atoms with van der Waals surface area (Å²) in [4.78, 5) is 2.71. The monoisotopic (exact) mass is 296 g/mol. The Balaban J connectivity index is 1.93. The summed E-state index contributed by atoms with van der Waals surface area (Å²) in [6.07, 6.45) is 7.53. The molecule has 124 valence electrons. The topological polar surface area (TPSA) is 24.5 Å². The number of piperazine rings is 1. The maximum atomic E-state index is 5.79. The molecule has 0 aromatic heterocycles. The summed E-state index contributed by atoms with van der Waals surface area (Å²) < 4.78 is 5.79. The van der Waals surface area contributed by atoms with Crippen molar-refractivity contribution >= 4 is 0 Å². The predicted molar refractivity (Wildman–Crippen MR) is 89.7 cm³/mol. The van der Waals surface area contributed by atoms with Gasteiger partial charge in [0.2, 0.25) is 0 Å². The van der Waals surface area contributed by atoms with Crippen LogP contribution in [-0.2, 0) is 4.74 Å². The molecule has 1 N–H and O–H groups in total. The van der Waals surface area contributed by atoms with Gasteiger partial charge in [-0.15, -0.1) is 0 Å². The maximum absolute atomic E-state index is 5.79. The van der Waals surface area contributed by atoms with Gasteiger partial charge in [-0.2, -0.15) is 0 Å². The van der Waals surface area contributed by atoms with Gasteiger partial charge >= 0.3 is 0 Å². The quantitative estimate of drug-likeness (QED) is 0.814. The first-order chi connectivity index (χ1) is 10.1. The lowest BCUT2D eigenvalue weighted by Crippen LogP contribution is -2.61. The van der Waals surface area contributed by atoms with Crippen molar-refractivity contribution in [2.75, 3.05) is 26.2 Å². The molecule has 0 radical (unpaired) electrons. The van der Waals surface area contributed by atoms with Gasteiger partial charge in [0.15, 0.2) is 0 Å². The van der Waals surface area contributed by atoms with Crippen molar-refractivity contribution < 1.29 is 4.74 Å². The van der Waals surface area contributed by atoms with Crippen molar-refractivity contribution in [2.45, 2.75) is 78.0 Å². The third kappa shape index (κ3) is 4.94. The number of hydrogen-bond acceptors (Lipinski definition) is 3. The van der Waals surface area contributed by atoms with E-state index in [-0.39, 0.29) is 0 Å². The Morgan fingerprint density at radius 3 is 2.48 bits per heavy atom. The number of ether oxygens (including phenoxy) is 1. The smallest absolute Gasteiger partial charge is 0.0673 e. The van der Waals surface area contributed by atoms with Crippen LogP contribution < -0.4 is 5.32 Å². The lowest BCUT2D eigenvalue weighted by atomic mass is 9.82. The zero-order valence-corrected chi connectivity index (χ0v) is 14.6. The van der Waals surface area contributed by atoms with E-state index in [4.69, 9.17) is 4.74 Å². The second-order valence-electron chi connectivity index (χ2n) is 7.44. The molecule has 2 rings (SSSR count). The van der Waals surface area contributed by atoms with E-state index in [1.165, 1.54) is 38.6 Å². The molecule has 3 nitrogen and oxygen atoms in total. The molecule has 1 saturated carbocycles. The van der Waals surface area contributed by atoms with E-state index in [1.54, 1.807) is 0 Å². The van der Waals surface area contributed by atoms with E-state index in [1.807, 2.05) is 0 Å². The van der Waals surface area contributed by atoms with Crippen molar-refractivity contribution in [2.24, 2.45) is 11.8 Å². The number of hydrogen-bond donors (Lipinski definition) is 1. The van der Waals surface area contributed by atoms with Crippen LogP contribution in [0.3, 0.4) is 0 Å². The van der Waals surface area contributed by atoms with Crippen LogP contribution in [0.15, 0.2) is 0 Å². The fraction of sp³-hybridized carbons (Fsp3) is 1.00. The predicted octanol–water partition coefficient (Wildman–Crippen LogP) is 3.29. The fourth-order valence-electron chi connectivity index (χ4n) is 4.24. The van der Waals surface area contributed by atoms with Gasteiger partial charge in [-0.1, -0.05) is 33.1 Å². The van der Waals surface area contributed by atoms with E-state index in [0.29, 0.717) is 24.1 Å². The molecule has 0 aromatic rings. The highest BCUT2D eigenvalue weighted by atomic mass is 16.5. The third-order valence-corrected chi connectivity index (χ3v) is 5.42. The Kier molecular flexibility index (Phi) is 6.97. The average molecular weight is 296 g/mol. The lowest BCUT2D eigenvalue weighted by molar-refractivity contribution is 0.00299. The minimum absolute atomic E-state index is 0.348. The molecule has 2 aliphatic rings. The van der Waals surface area contributed by atoms with Crippen LogP contribution in [0.5, 0.6) is 0 Å². The van der Waals surface area contributed by atoms with Gasteiger partial charge in [0.05, 0.1) is 6.10 Å². The molecule has 3 atom stereocenters. The van der Waals surface area contributed by atoms with E-state index >= 15 is 0 Å². The minimum Gasteiger partial charge on any atom is -0.377 e. The van der Waals surface area contributed by atoms with Crippen LogP contribution in [0.25, 0.3) is 0 Å². The van der Waals surface area contributed by atoms with Crippen LogP contribution in [0.4, 0.5) is 0 Å². The van der Waals surface area contributed by atoms with E-state index in [0.717, 1.165) is 25.6 Å². The molecule has 1 aliphatic heterocycles. The largest absolute Gasteiger partial charge is 0.377 e. The van der Waals surface area contributed by atoms with Crippen LogP contribution in [-0.4, -0.2) is 49.3 Å². The third-order valence-electron chi connectivity index (χ3n) is 5.42. The normalized spacial score (nSPS) is 30.7. The van der Waals surface area contributed by atoms with Crippen molar-refractivity contribution in [3.05, 3.63) is 0 Å². The van der Waals surface area contributed by atoms with Gasteiger partial charge < -0.3 is 10.1 Å². The van der Waals surface area contributed by atoms with Gasteiger partial charge in [-0.05, 0) is 38.5 Å². The highest BCUT2D eigenvalue weighted by Gasteiger charge is 2.34. The molecule has 0 amide bonds. The van der Waals surface area contributed by atoms with Crippen molar-refractivity contribution in [3.63, 3.8) is 0 Å². The Bertz CT molecular complexity index is 289. The standard InChI is InChI=1S/C18H36N2O/c1-5-21-15(4)12-20-13-17(16-9-7-6-8-10-16)19-11-18(20)14(2)3/h14-19H,5-13H2,1-4H3. The molecule has 1 heterocycles. The van der Waals surface area contributed by atoms with Gasteiger partial charge in [0.1, 0.15) is 0 Å². The first kappa shape index (κ1) is 17.2. The molecule has 1 saturated heterocycles. The second-order valence-corrected chi connectivity index (χ2v) is 7.44. The molecular formula is C18H36N2O. The molecule has 21 heavy (non-hydrogen) atoms. The van der Waals surface area contributed by atoms with Gasteiger partial charge in [0.25, 0.3) is 0 Å². The second kappa shape index (κ2) is 8.50. The molecule has 0 aromatic carbocycles. The van der Waals surface area contributed by atoms with Crippen molar-refractivity contribution in [1.82, 2.24) is 10.2 Å². The summed E-state index contributed by atoms with van der Waals surface area (Å²) >= 11 is 0. The number of nitrogens with one attached hydrogen (secondary N) is 1. The molecule has 2 fully saturated rings. The first-order valence-electron chi connectivity index (χ1n) is 9.20. The Morgan fingerprint density at radius 1 is 1.14 bits per heavy atom. The van der Waals surface area contributed by atoms with Crippen LogP contribution >= 0.6 is 0 Å². The summed E-state index contributed by atoms with van der Waals surface area (Å²) in [5.74, 6) is 1.61. The van der Waals surface area contributed by atoms with E-state index < -0.39 is 0 Å². The maximum Gasteiger partial charge on any atom is 0.0673 e. The summed E-state index contributed by atoms with van der Waals surface area (Å²) in [7, 11) is 0. The number of rotatable bonds is 6. The molecule has 3 heteroatoms. The fourth-order valence-corrected chi connectivity index (χ4v) is 4.24. The van der Waals surface area contributed by atoms with Gasteiger partial charge in [-0.3, -0.25) is 4.90 Å². The van der Waals surface area contributed by atoms with Crippen LogP contribution in [0.2, 0.25) is 0 Å². The Labute approximate surface area is 131 Å². The van der Waals surface area contributed by atoms with Crippen molar-refractivity contribution in [3.8, 4) is 0 Å². The minimum atomic E-state index is 0.348.